The van der Waals surface area contributed by atoms with Crippen molar-refractivity contribution >= 4 is 61.6 Å². The van der Waals surface area contributed by atoms with Crippen LogP contribution in [-0.2, 0) is 23.2 Å². The Morgan fingerprint density at radius 3 is 2.50 bits per heavy atom. The van der Waals surface area contributed by atoms with Crippen LogP contribution in [0.2, 0.25) is 5.02 Å². The second kappa shape index (κ2) is 12.6. The molecule has 0 radical (unpaired) electrons. The fraction of sp³-hybridized carbons (Fsp3) is 0.172. The van der Waals surface area contributed by atoms with Crippen LogP contribution in [0.15, 0.2) is 94.1 Å². The van der Waals surface area contributed by atoms with Gasteiger partial charge in [-0.05, 0) is 56.3 Å². The molecule has 7 nitrogen and oxygen atoms in total. The number of benzene rings is 2. The first-order valence-corrected chi connectivity index (χ1v) is 15.7. The third-order valence-electron chi connectivity index (χ3n) is 6.10. The Morgan fingerprint density at radius 2 is 1.85 bits per heavy atom. The summed E-state index contributed by atoms with van der Waals surface area (Å²) in [4.78, 5) is 16.2. The Bertz CT molecular complexity index is 1850. The monoisotopic (exact) mass is 613 g/mol. The maximum Gasteiger partial charge on any atom is 0.271 e. The van der Waals surface area contributed by atoms with Crippen molar-refractivity contribution in [3.05, 3.63) is 115 Å². The molecule has 40 heavy (non-hydrogen) atoms. The molecular weight excluding hydrogens is 586 g/mol. The van der Waals surface area contributed by atoms with Crippen LogP contribution in [0.1, 0.15) is 18.2 Å². The van der Waals surface area contributed by atoms with E-state index in [0.29, 0.717) is 18.1 Å². The van der Waals surface area contributed by atoms with E-state index in [2.05, 4.69) is 28.2 Å². The van der Waals surface area contributed by atoms with Gasteiger partial charge >= 0.3 is 0 Å². The fourth-order valence-electron chi connectivity index (χ4n) is 4.04. The number of thiazole rings is 1. The zero-order valence-electron chi connectivity index (χ0n) is 22.2. The normalized spacial score (nSPS) is 14.5. The summed E-state index contributed by atoms with van der Waals surface area (Å²) in [5.41, 5.74) is 3.04. The van der Waals surface area contributed by atoms with E-state index in [1.165, 1.54) is 23.5 Å². The smallest absolute Gasteiger partial charge is 0.271 e. The van der Waals surface area contributed by atoms with Crippen molar-refractivity contribution in [1.82, 2.24) is 4.57 Å². The lowest BCUT2D eigenvalue weighted by Crippen LogP contribution is -2.37. The summed E-state index contributed by atoms with van der Waals surface area (Å²) >= 11 is 9.32. The van der Waals surface area contributed by atoms with Crippen LogP contribution in [0.25, 0.3) is 11.1 Å². The lowest BCUT2D eigenvalue weighted by molar-refractivity contribution is -0.688. The first-order chi connectivity index (χ1) is 19.0. The van der Waals surface area contributed by atoms with E-state index in [1.54, 1.807) is 23.9 Å². The largest absolute Gasteiger partial charge is 0.744 e. The van der Waals surface area contributed by atoms with Gasteiger partial charge < -0.3 is 9.45 Å². The van der Waals surface area contributed by atoms with E-state index in [0.717, 1.165) is 36.1 Å². The molecule has 1 aliphatic rings. The van der Waals surface area contributed by atoms with Crippen LogP contribution in [0, 0.1) is 6.92 Å². The Labute approximate surface area is 246 Å². The zero-order valence-corrected chi connectivity index (χ0v) is 25.4. The van der Waals surface area contributed by atoms with Crippen molar-refractivity contribution in [2.45, 2.75) is 36.7 Å². The summed E-state index contributed by atoms with van der Waals surface area (Å²) in [5, 5.41) is 1.64. The van der Waals surface area contributed by atoms with Crippen LogP contribution < -0.4 is 24.2 Å². The van der Waals surface area contributed by atoms with Crippen molar-refractivity contribution in [3.8, 4) is 0 Å². The summed E-state index contributed by atoms with van der Waals surface area (Å²) in [6.07, 6.45) is 5.96. The SMILES string of the molecule is C=CC[n+]1ccccc1/C=c1/s/c(=C2\Sc3ccc(Cl)cc3N2C)c(=O)n1CC.Cc1ccc(S(=O)(=O)[O-])cc1. The molecule has 208 valence electrons. The maximum absolute atomic E-state index is 13.2. The van der Waals surface area contributed by atoms with Gasteiger partial charge in [0.05, 0.1) is 10.6 Å². The predicted octanol–water partition coefficient (Wildman–Crippen LogP) is 4.09. The molecule has 0 aliphatic carbocycles. The molecule has 2 aromatic carbocycles. The average Bonchev–Trinajstić information content (AvgIpc) is 3.40. The highest BCUT2D eigenvalue weighted by molar-refractivity contribution is 8.08. The van der Waals surface area contributed by atoms with Gasteiger partial charge in [0, 0.05) is 41.7 Å². The summed E-state index contributed by atoms with van der Waals surface area (Å²) in [6, 6.07) is 17.7. The molecule has 11 heteroatoms. The highest BCUT2D eigenvalue weighted by atomic mass is 35.5. The molecule has 0 fully saturated rings. The molecule has 3 heterocycles. The van der Waals surface area contributed by atoms with Crippen LogP contribution in [0.5, 0.6) is 0 Å². The number of pyridine rings is 1. The molecule has 0 N–H and O–H groups in total. The first-order valence-electron chi connectivity index (χ1n) is 12.3. The standard InChI is InChI=1S/C22H21ClN3OS2.C7H8O3S/c1-4-11-25-12-7-6-8-16(25)14-19-26(5-2)21(27)20(29-19)22-24(3)17-13-15(23)9-10-18(17)28-22;1-6-2-4-7(5-3-6)11(8,9)10/h4,6-10,12-14H,1,5,11H2,2-3H3;2-5H,1H3,(H,8,9,10)/q+1;/p-1/b22-20-;. The number of anilines is 1. The Morgan fingerprint density at radius 1 is 1.12 bits per heavy atom. The lowest BCUT2D eigenvalue weighted by atomic mass is 10.2. The van der Waals surface area contributed by atoms with E-state index in [-0.39, 0.29) is 10.5 Å². The van der Waals surface area contributed by atoms with Gasteiger partial charge in [-0.1, -0.05) is 47.6 Å². The lowest BCUT2D eigenvalue weighted by Gasteiger charge is -2.12. The minimum Gasteiger partial charge on any atom is -0.744 e. The number of aromatic nitrogens is 2. The number of rotatable bonds is 5. The van der Waals surface area contributed by atoms with Gasteiger partial charge in [0.2, 0.25) is 5.69 Å². The minimum absolute atomic E-state index is 0.0446. The molecule has 0 amide bonds. The first kappa shape index (κ1) is 29.8. The molecule has 4 aromatic rings. The van der Waals surface area contributed by atoms with E-state index in [9.17, 15) is 17.8 Å². The minimum atomic E-state index is -4.27. The fourth-order valence-corrected chi connectivity index (χ4v) is 7.12. The van der Waals surface area contributed by atoms with Gasteiger partial charge in [-0.3, -0.25) is 9.36 Å². The van der Waals surface area contributed by atoms with Gasteiger partial charge in [-0.2, -0.15) is 4.57 Å². The molecule has 0 saturated heterocycles. The van der Waals surface area contributed by atoms with E-state index in [1.807, 2.05) is 68.1 Å². The van der Waals surface area contributed by atoms with Gasteiger partial charge in [0.15, 0.2) is 12.7 Å². The summed E-state index contributed by atoms with van der Waals surface area (Å²) < 4.78 is 36.8. The summed E-state index contributed by atoms with van der Waals surface area (Å²) in [7, 11) is -2.28. The molecule has 0 unspecified atom stereocenters. The molecule has 0 spiro atoms. The number of fused-ring (bicyclic) bond motifs is 1. The molecule has 0 saturated carbocycles. The highest BCUT2D eigenvalue weighted by Gasteiger charge is 2.25. The predicted molar refractivity (Wildman–Crippen MR) is 162 cm³/mol. The Hall–Kier alpha value is -3.15. The zero-order chi connectivity index (χ0) is 29.0. The van der Waals surface area contributed by atoms with E-state index >= 15 is 0 Å². The molecule has 1 aliphatic heterocycles. The topological polar surface area (TPSA) is 86.3 Å². The number of thioether (sulfide) groups is 1. The van der Waals surface area contributed by atoms with Gasteiger partial charge in [0.25, 0.3) is 5.56 Å². The third kappa shape index (κ3) is 6.59. The van der Waals surface area contributed by atoms with Gasteiger partial charge in [-0.15, -0.1) is 11.3 Å². The highest BCUT2D eigenvalue weighted by Crippen LogP contribution is 2.46. The Balaban J connectivity index is 0.000000283. The second-order valence-corrected chi connectivity index (χ2v) is 12.8. The number of hydrogen-bond donors (Lipinski definition) is 0. The van der Waals surface area contributed by atoms with Crippen molar-refractivity contribution in [2.24, 2.45) is 0 Å². The molecule has 2 aromatic heterocycles. The Kier molecular flexibility index (Phi) is 9.37. The maximum atomic E-state index is 13.2. The van der Waals surface area contributed by atoms with Gasteiger partial charge in [-0.25, -0.2) is 8.42 Å². The summed E-state index contributed by atoms with van der Waals surface area (Å²) in [5.74, 6) is 0. The quantitative estimate of drug-likeness (QED) is 0.191. The number of aryl methyl sites for hydroxylation is 1. The van der Waals surface area contributed by atoms with Crippen molar-refractivity contribution in [2.75, 3.05) is 11.9 Å². The molecule has 0 bridgehead atoms. The van der Waals surface area contributed by atoms with Crippen molar-refractivity contribution in [3.63, 3.8) is 0 Å². The van der Waals surface area contributed by atoms with Crippen LogP contribution in [-0.4, -0.2) is 24.6 Å². The molecular formula is C29H28ClN3O4S3. The van der Waals surface area contributed by atoms with Crippen LogP contribution in [0.3, 0.4) is 0 Å². The number of hydrogen-bond acceptors (Lipinski definition) is 7. The van der Waals surface area contributed by atoms with Crippen LogP contribution in [0.4, 0.5) is 5.69 Å². The van der Waals surface area contributed by atoms with Crippen molar-refractivity contribution in [1.29, 1.82) is 0 Å². The van der Waals surface area contributed by atoms with Gasteiger partial charge in [0.1, 0.15) is 24.3 Å². The molecule has 0 atom stereocenters. The average molecular weight is 614 g/mol. The number of halogens is 1. The van der Waals surface area contributed by atoms with E-state index < -0.39 is 10.1 Å². The number of allylic oxidation sites excluding steroid dienone is 1. The van der Waals surface area contributed by atoms with Crippen LogP contribution >= 0.6 is 34.7 Å². The third-order valence-corrected chi connectivity index (χ3v) is 9.67. The molecule has 5 rings (SSSR count). The second-order valence-electron chi connectivity index (χ2n) is 8.88. The summed E-state index contributed by atoms with van der Waals surface area (Å²) in [6.45, 7) is 8.99. The van der Waals surface area contributed by atoms with Crippen molar-refractivity contribution < 1.29 is 17.5 Å². The van der Waals surface area contributed by atoms with E-state index in [4.69, 9.17) is 11.6 Å². The number of nitrogens with zero attached hydrogens (tertiary/aromatic N) is 3.